The monoisotopic (exact) mass is 217 g/mol. The molecular weight excluding hydrogens is 198 g/mol. The first kappa shape index (κ1) is 11.3. The van der Waals surface area contributed by atoms with Gasteiger partial charge in [-0.15, -0.1) is 0 Å². The smallest absolute Gasteiger partial charge is 0.125 e. The predicted octanol–water partition coefficient (Wildman–Crippen LogP) is 3.00. The van der Waals surface area contributed by atoms with Crippen molar-refractivity contribution in [2.24, 2.45) is 0 Å². The van der Waals surface area contributed by atoms with E-state index in [0.717, 1.165) is 17.0 Å². The van der Waals surface area contributed by atoms with Crippen LogP contribution in [0.1, 0.15) is 51.1 Å². The number of pyridine rings is 1. The topological polar surface area (TPSA) is 33.1 Å². The molecular formula is C14H19NO. The average molecular weight is 217 g/mol. The lowest BCUT2D eigenvalue weighted by molar-refractivity contribution is 0.0837. The SMILES string of the molecule is CCC1(O)C=Cc2ccc(C(C)(C)C)nc21. The van der Waals surface area contributed by atoms with Crippen molar-refractivity contribution >= 4 is 6.08 Å². The molecule has 2 rings (SSSR count). The Kier molecular flexibility index (Phi) is 2.43. The van der Waals surface area contributed by atoms with Gasteiger partial charge < -0.3 is 5.11 Å². The van der Waals surface area contributed by atoms with E-state index in [-0.39, 0.29) is 5.41 Å². The number of hydrogen-bond acceptors (Lipinski definition) is 2. The van der Waals surface area contributed by atoms with E-state index in [1.165, 1.54) is 0 Å². The molecule has 1 N–H and O–H groups in total. The first-order chi connectivity index (χ1) is 7.37. The van der Waals surface area contributed by atoms with Gasteiger partial charge in [-0.2, -0.15) is 0 Å². The number of aliphatic hydroxyl groups is 1. The number of hydrogen-bond donors (Lipinski definition) is 1. The van der Waals surface area contributed by atoms with E-state index in [9.17, 15) is 5.11 Å². The normalized spacial score (nSPS) is 23.6. The van der Waals surface area contributed by atoms with Gasteiger partial charge in [0, 0.05) is 11.1 Å². The first-order valence-corrected chi connectivity index (χ1v) is 5.80. The van der Waals surface area contributed by atoms with Crippen LogP contribution in [0.3, 0.4) is 0 Å². The van der Waals surface area contributed by atoms with E-state index in [1.54, 1.807) is 0 Å². The van der Waals surface area contributed by atoms with Crippen LogP contribution in [0.2, 0.25) is 0 Å². The third-order valence-corrected chi connectivity index (χ3v) is 3.18. The lowest BCUT2D eigenvalue weighted by Crippen LogP contribution is -2.24. The minimum absolute atomic E-state index is 0.0201. The molecule has 1 aromatic rings. The molecule has 1 atom stereocenters. The molecule has 0 bridgehead atoms. The van der Waals surface area contributed by atoms with Crippen molar-refractivity contribution in [2.75, 3.05) is 0 Å². The van der Waals surface area contributed by atoms with Gasteiger partial charge in [0.1, 0.15) is 5.60 Å². The molecule has 1 unspecified atom stereocenters. The van der Waals surface area contributed by atoms with Crippen molar-refractivity contribution in [2.45, 2.75) is 45.1 Å². The van der Waals surface area contributed by atoms with Gasteiger partial charge in [-0.25, -0.2) is 0 Å². The summed E-state index contributed by atoms with van der Waals surface area (Å²) in [6, 6.07) is 4.09. The van der Waals surface area contributed by atoms with Crippen LogP contribution in [0.4, 0.5) is 0 Å². The molecule has 1 aromatic heterocycles. The molecule has 1 aliphatic carbocycles. The van der Waals surface area contributed by atoms with Crippen molar-refractivity contribution in [3.63, 3.8) is 0 Å². The zero-order chi connectivity index (χ0) is 12.0. The van der Waals surface area contributed by atoms with Gasteiger partial charge >= 0.3 is 0 Å². The van der Waals surface area contributed by atoms with Crippen molar-refractivity contribution in [3.8, 4) is 0 Å². The summed E-state index contributed by atoms with van der Waals surface area (Å²) in [5.41, 5.74) is 2.03. The molecule has 0 fully saturated rings. The van der Waals surface area contributed by atoms with E-state index < -0.39 is 5.60 Å². The summed E-state index contributed by atoms with van der Waals surface area (Å²) in [5.74, 6) is 0. The maximum absolute atomic E-state index is 10.4. The molecule has 2 heteroatoms. The number of aromatic nitrogens is 1. The Labute approximate surface area is 97.0 Å². The van der Waals surface area contributed by atoms with Gasteiger partial charge in [0.2, 0.25) is 0 Å². The Morgan fingerprint density at radius 3 is 2.56 bits per heavy atom. The van der Waals surface area contributed by atoms with Crippen LogP contribution in [0.5, 0.6) is 0 Å². The van der Waals surface area contributed by atoms with Crippen molar-refractivity contribution in [3.05, 3.63) is 35.2 Å². The quantitative estimate of drug-likeness (QED) is 0.784. The van der Waals surface area contributed by atoms with Crippen LogP contribution in [0.25, 0.3) is 6.08 Å². The largest absolute Gasteiger partial charge is 0.379 e. The van der Waals surface area contributed by atoms with Gasteiger partial charge in [-0.05, 0) is 24.1 Å². The van der Waals surface area contributed by atoms with E-state index in [2.05, 4.69) is 25.8 Å². The molecule has 16 heavy (non-hydrogen) atoms. The molecule has 86 valence electrons. The molecule has 0 saturated heterocycles. The van der Waals surface area contributed by atoms with Gasteiger partial charge in [-0.1, -0.05) is 39.8 Å². The molecule has 0 aromatic carbocycles. The van der Waals surface area contributed by atoms with E-state index in [4.69, 9.17) is 0 Å². The van der Waals surface area contributed by atoms with Crippen molar-refractivity contribution in [1.82, 2.24) is 4.98 Å². The summed E-state index contributed by atoms with van der Waals surface area (Å²) < 4.78 is 0. The van der Waals surface area contributed by atoms with Crippen LogP contribution < -0.4 is 0 Å². The van der Waals surface area contributed by atoms with Gasteiger partial charge in [0.25, 0.3) is 0 Å². The second kappa shape index (κ2) is 3.42. The standard InChI is InChI=1S/C14H19NO/c1-5-14(16)9-8-10-6-7-11(13(2,3)4)15-12(10)14/h6-9,16H,5H2,1-4H3. The van der Waals surface area contributed by atoms with Crippen LogP contribution in [0.15, 0.2) is 18.2 Å². The Hall–Kier alpha value is -1.15. The number of nitrogens with zero attached hydrogens (tertiary/aromatic N) is 1. The molecule has 0 aliphatic heterocycles. The summed E-state index contributed by atoms with van der Waals surface area (Å²) >= 11 is 0. The zero-order valence-corrected chi connectivity index (χ0v) is 10.4. The molecule has 0 radical (unpaired) electrons. The van der Waals surface area contributed by atoms with Crippen molar-refractivity contribution < 1.29 is 5.11 Å². The fraction of sp³-hybridized carbons (Fsp3) is 0.500. The van der Waals surface area contributed by atoms with E-state index in [0.29, 0.717) is 6.42 Å². The van der Waals surface area contributed by atoms with Crippen LogP contribution >= 0.6 is 0 Å². The highest BCUT2D eigenvalue weighted by Crippen LogP contribution is 2.36. The minimum atomic E-state index is -0.864. The van der Waals surface area contributed by atoms with Crippen LogP contribution in [-0.4, -0.2) is 10.1 Å². The Morgan fingerprint density at radius 2 is 2.00 bits per heavy atom. The summed E-state index contributed by atoms with van der Waals surface area (Å²) in [5, 5.41) is 10.4. The molecule has 0 amide bonds. The summed E-state index contributed by atoms with van der Waals surface area (Å²) in [7, 11) is 0. The lowest BCUT2D eigenvalue weighted by atomic mass is 9.90. The maximum atomic E-state index is 10.4. The second-order valence-corrected chi connectivity index (χ2v) is 5.50. The average Bonchev–Trinajstić information content (AvgIpc) is 2.56. The summed E-state index contributed by atoms with van der Waals surface area (Å²) in [4.78, 5) is 4.64. The fourth-order valence-electron chi connectivity index (χ4n) is 1.96. The predicted molar refractivity (Wildman–Crippen MR) is 66.2 cm³/mol. The fourth-order valence-corrected chi connectivity index (χ4v) is 1.96. The highest BCUT2D eigenvalue weighted by Gasteiger charge is 2.33. The zero-order valence-electron chi connectivity index (χ0n) is 10.4. The van der Waals surface area contributed by atoms with Gasteiger partial charge in [0.15, 0.2) is 0 Å². The van der Waals surface area contributed by atoms with Crippen LogP contribution in [0, 0.1) is 0 Å². The van der Waals surface area contributed by atoms with E-state index in [1.807, 2.05) is 31.2 Å². The van der Waals surface area contributed by atoms with Gasteiger partial charge in [0.05, 0.1) is 5.69 Å². The Morgan fingerprint density at radius 1 is 1.31 bits per heavy atom. The Bertz CT molecular complexity index is 443. The molecule has 1 heterocycles. The molecule has 0 saturated carbocycles. The third kappa shape index (κ3) is 1.67. The molecule has 2 nitrogen and oxygen atoms in total. The number of rotatable bonds is 1. The van der Waals surface area contributed by atoms with E-state index >= 15 is 0 Å². The second-order valence-electron chi connectivity index (χ2n) is 5.50. The van der Waals surface area contributed by atoms with Crippen molar-refractivity contribution in [1.29, 1.82) is 0 Å². The summed E-state index contributed by atoms with van der Waals surface area (Å²) in [6.45, 7) is 8.38. The lowest BCUT2D eigenvalue weighted by Gasteiger charge is -2.23. The maximum Gasteiger partial charge on any atom is 0.125 e. The first-order valence-electron chi connectivity index (χ1n) is 5.80. The highest BCUT2D eigenvalue weighted by atomic mass is 16.3. The highest BCUT2D eigenvalue weighted by molar-refractivity contribution is 5.62. The van der Waals surface area contributed by atoms with Crippen LogP contribution in [-0.2, 0) is 11.0 Å². The molecule has 0 spiro atoms. The Balaban J connectivity index is 2.53. The third-order valence-electron chi connectivity index (χ3n) is 3.18. The minimum Gasteiger partial charge on any atom is -0.379 e. The summed E-state index contributed by atoms with van der Waals surface area (Å²) in [6.07, 6.45) is 4.46. The van der Waals surface area contributed by atoms with Gasteiger partial charge in [-0.3, -0.25) is 4.98 Å². The molecule has 1 aliphatic rings. The number of fused-ring (bicyclic) bond motifs is 1.